The highest BCUT2D eigenvalue weighted by Crippen LogP contribution is 2.23. The third-order valence-corrected chi connectivity index (χ3v) is 3.56. The molecule has 0 radical (unpaired) electrons. The van der Waals surface area contributed by atoms with Crippen LogP contribution in [-0.2, 0) is 6.54 Å². The second-order valence-electron chi connectivity index (χ2n) is 6.14. The van der Waals surface area contributed by atoms with E-state index >= 15 is 0 Å². The van der Waals surface area contributed by atoms with Crippen molar-refractivity contribution in [3.63, 3.8) is 0 Å². The zero-order valence-electron chi connectivity index (χ0n) is 12.8. The van der Waals surface area contributed by atoms with E-state index in [0.29, 0.717) is 12.1 Å². The van der Waals surface area contributed by atoms with Crippen LogP contribution in [0, 0.1) is 22.6 Å². The van der Waals surface area contributed by atoms with Crippen LogP contribution in [0.2, 0.25) is 0 Å². The van der Waals surface area contributed by atoms with Gasteiger partial charge in [0.2, 0.25) is 0 Å². The lowest BCUT2D eigenvalue weighted by atomic mass is 9.87. The molecule has 0 unspecified atom stereocenters. The summed E-state index contributed by atoms with van der Waals surface area (Å²) < 4.78 is 13.2. The molecule has 0 saturated carbocycles. The first kappa shape index (κ1) is 16.7. The molecule has 0 fully saturated rings. The van der Waals surface area contributed by atoms with Crippen LogP contribution < -0.4 is 5.32 Å². The second kappa shape index (κ2) is 8.01. The van der Waals surface area contributed by atoms with Crippen LogP contribution in [0.4, 0.5) is 4.39 Å². The highest BCUT2D eigenvalue weighted by molar-refractivity contribution is 5.37. The molecule has 0 spiro atoms. The van der Waals surface area contributed by atoms with Gasteiger partial charge in [-0.2, -0.15) is 5.26 Å². The molecule has 1 aromatic rings. The first-order valence-electron chi connectivity index (χ1n) is 7.38. The van der Waals surface area contributed by atoms with E-state index in [4.69, 9.17) is 5.26 Å². The maximum atomic E-state index is 13.2. The number of nitrogens with one attached hydrogen (secondary N) is 1. The van der Waals surface area contributed by atoms with E-state index in [1.165, 1.54) is 37.8 Å². The summed E-state index contributed by atoms with van der Waals surface area (Å²) in [5, 5.41) is 12.4. The number of rotatable bonds is 8. The van der Waals surface area contributed by atoms with Crippen molar-refractivity contribution in [2.45, 2.75) is 53.0 Å². The number of unbranched alkanes of at least 4 members (excludes halogenated alkanes) is 2. The Kier molecular flexibility index (Phi) is 6.67. The Hall–Kier alpha value is -1.40. The molecule has 0 aliphatic rings. The van der Waals surface area contributed by atoms with Crippen molar-refractivity contribution in [2.24, 2.45) is 5.41 Å². The first-order valence-corrected chi connectivity index (χ1v) is 7.38. The fraction of sp³-hybridized carbons (Fsp3) is 0.588. The van der Waals surface area contributed by atoms with Crippen molar-refractivity contribution in [2.75, 3.05) is 6.54 Å². The molecule has 110 valence electrons. The fourth-order valence-electron chi connectivity index (χ4n) is 2.30. The zero-order valence-corrected chi connectivity index (χ0v) is 12.8. The van der Waals surface area contributed by atoms with Crippen LogP contribution in [0.1, 0.15) is 57.6 Å². The van der Waals surface area contributed by atoms with Gasteiger partial charge in [-0.05, 0) is 35.6 Å². The van der Waals surface area contributed by atoms with Gasteiger partial charge in [-0.3, -0.25) is 0 Å². The maximum Gasteiger partial charge on any atom is 0.123 e. The summed E-state index contributed by atoms with van der Waals surface area (Å²) in [5.41, 5.74) is 1.51. The average Bonchev–Trinajstić information content (AvgIpc) is 2.39. The topological polar surface area (TPSA) is 35.8 Å². The quantitative estimate of drug-likeness (QED) is 0.715. The molecular weight excluding hydrogens is 251 g/mol. The molecule has 0 atom stereocenters. The number of nitriles is 1. The monoisotopic (exact) mass is 276 g/mol. The lowest BCUT2D eigenvalue weighted by Gasteiger charge is -2.25. The van der Waals surface area contributed by atoms with Gasteiger partial charge in [-0.1, -0.05) is 40.0 Å². The second-order valence-corrected chi connectivity index (χ2v) is 6.14. The largest absolute Gasteiger partial charge is 0.312 e. The van der Waals surface area contributed by atoms with Gasteiger partial charge < -0.3 is 5.32 Å². The van der Waals surface area contributed by atoms with Gasteiger partial charge >= 0.3 is 0 Å². The Morgan fingerprint density at radius 1 is 1.30 bits per heavy atom. The van der Waals surface area contributed by atoms with Gasteiger partial charge in [-0.25, -0.2) is 4.39 Å². The van der Waals surface area contributed by atoms with Crippen LogP contribution in [0.25, 0.3) is 0 Å². The smallest absolute Gasteiger partial charge is 0.123 e. The van der Waals surface area contributed by atoms with E-state index in [0.717, 1.165) is 12.1 Å². The minimum atomic E-state index is -0.289. The molecule has 0 saturated heterocycles. The van der Waals surface area contributed by atoms with Gasteiger partial charge in [0, 0.05) is 13.1 Å². The van der Waals surface area contributed by atoms with E-state index in [2.05, 4.69) is 32.2 Å². The molecule has 0 aliphatic heterocycles. The van der Waals surface area contributed by atoms with E-state index in [9.17, 15) is 4.39 Å². The van der Waals surface area contributed by atoms with Crippen LogP contribution in [0.3, 0.4) is 0 Å². The number of hydrogen-bond donors (Lipinski definition) is 1. The molecule has 0 aromatic heterocycles. The molecule has 1 N–H and O–H groups in total. The third-order valence-electron chi connectivity index (χ3n) is 3.56. The van der Waals surface area contributed by atoms with Crippen LogP contribution >= 0.6 is 0 Å². The van der Waals surface area contributed by atoms with Gasteiger partial charge in [0.15, 0.2) is 0 Å². The summed E-state index contributed by atoms with van der Waals surface area (Å²) in [4.78, 5) is 0. The standard InChI is InChI=1S/C17H25FN2/c1-4-5-6-9-17(2,3)13-20-12-15-10-16(18)8-7-14(15)11-19/h7-8,10,20H,4-6,9,12-13H2,1-3H3. The number of halogens is 1. The normalized spacial score (nSPS) is 11.3. The Morgan fingerprint density at radius 2 is 2.05 bits per heavy atom. The molecule has 0 heterocycles. The molecule has 3 heteroatoms. The lowest BCUT2D eigenvalue weighted by Crippen LogP contribution is -2.29. The number of nitrogens with zero attached hydrogens (tertiary/aromatic N) is 1. The number of hydrogen-bond acceptors (Lipinski definition) is 2. The maximum absolute atomic E-state index is 13.2. The van der Waals surface area contributed by atoms with Gasteiger partial charge in [-0.15, -0.1) is 0 Å². The Morgan fingerprint density at radius 3 is 2.70 bits per heavy atom. The number of benzene rings is 1. The van der Waals surface area contributed by atoms with Crippen molar-refractivity contribution >= 4 is 0 Å². The minimum absolute atomic E-state index is 0.231. The molecular formula is C17H25FN2. The molecule has 0 bridgehead atoms. The molecule has 20 heavy (non-hydrogen) atoms. The summed E-state index contributed by atoms with van der Waals surface area (Å²) in [6, 6.07) is 6.42. The fourth-order valence-corrected chi connectivity index (χ4v) is 2.30. The highest BCUT2D eigenvalue weighted by Gasteiger charge is 2.16. The Bertz CT molecular complexity index is 461. The van der Waals surface area contributed by atoms with Crippen LogP contribution in [-0.4, -0.2) is 6.54 Å². The lowest BCUT2D eigenvalue weighted by molar-refractivity contribution is 0.302. The van der Waals surface area contributed by atoms with Crippen molar-refractivity contribution < 1.29 is 4.39 Å². The van der Waals surface area contributed by atoms with Crippen molar-refractivity contribution in [3.8, 4) is 6.07 Å². The van der Waals surface area contributed by atoms with E-state index in [1.807, 2.05) is 0 Å². The summed E-state index contributed by atoms with van der Waals surface area (Å²) in [6.07, 6.45) is 4.93. The Labute approximate surface area is 122 Å². The van der Waals surface area contributed by atoms with Gasteiger partial charge in [0.25, 0.3) is 0 Å². The molecule has 1 aromatic carbocycles. The molecule has 2 nitrogen and oxygen atoms in total. The van der Waals surface area contributed by atoms with Crippen molar-refractivity contribution in [3.05, 3.63) is 35.1 Å². The van der Waals surface area contributed by atoms with Crippen LogP contribution in [0.5, 0.6) is 0 Å². The van der Waals surface area contributed by atoms with Gasteiger partial charge in [0.1, 0.15) is 5.82 Å². The predicted molar refractivity (Wildman–Crippen MR) is 80.7 cm³/mol. The summed E-state index contributed by atoms with van der Waals surface area (Å²) >= 11 is 0. The summed E-state index contributed by atoms with van der Waals surface area (Å²) in [7, 11) is 0. The molecule has 1 rings (SSSR count). The van der Waals surface area contributed by atoms with Gasteiger partial charge in [0.05, 0.1) is 11.6 Å². The molecule has 0 aliphatic carbocycles. The van der Waals surface area contributed by atoms with Crippen molar-refractivity contribution in [1.29, 1.82) is 5.26 Å². The van der Waals surface area contributed by atoms with Crippen molar-refractivity contribution in [1.82, 2.24) is 5.32 Å². The van der Waals surface area contributed by atoms with E-state index in [1.54, 1.807) is 6.07 Å². The minimum Gasteiger partial charge on any atom is -0.312 e. The zero-order chi connectivity index (χ0) is 15.0. The summed E-state index contributed by atoms with van der Waals surface area (Å²) in [5.74, 6) is -0.289. The van der Waals surface area contributed by atoms with E-state index in [-0.39, 0.29) is 11.2 Å². The molecule has 0 amide bonds. The highest BCUT2D eigenvalue weighted by atomic mass is 19.1. The SMILES string of the molecule is CCCCCC(C)(C)CNCc1cc(F)ccc1C#N. The third kappa shape index (κ3) is 5.71. The van der Waals surface area contributed by atoms with E-state index < -0.39 is 0 Å². The van der Waals surface area contributed by atoms with Crippen LogP contribution in [0.15, 0.2) is 18.2 Å². The predicted octanol–water partition coefficient (Wildman–Crippen LogP) is 4.39. The average molecular weight is 276 g/mol. The Balaban J connectivity index is 2.48. The first-order chi connectivity index (χ1) is 9.48. The summed E-state index contributed by atoms with van der Waals surface area (Å²) in [6.45, 7) is 8.10.